The minimum Gasteiger partial charge on any atom is -0.493 e. The molecule has 1 atom stereocenters. The van der Waals surface area contributed by atoms with E-state index in [0.29, 0.717) is 11.8 Å². The molecule has 0 spiro atoms. The van der Waals surface area contributed by atoms with Crippen LogP contribution in [0, 0.1) is 0 Å². The molecule has 0 aliphatic carbocycles. The number of hydrogen-bond acceptors (Lipinski definition) is 3. The average molecular weight is 307 g/mol. The molecule has 0 aliphatic rings. The van der Waals surface area contributed by atoms with E-state index in [2.05, 4.69) is 12.2 Å². The van der Waals surface area contributed by atoms with Crippen LogP contribution in [0.1, 0.15) is 18.9 Å². The normalized spacial score (nSPS) is 13.2. The molecule has 0 aliphatic heterocycles. The molecule has 0 saturated carbocycles. The number of hydrogen-bond donors (Lipinski definition) is 1. The van der Waals surface area contributed by atoms with Crippen molar-refractivity contribution in [2.24, 2.45) is 0 Å². The van der Waals surface area contributed by atoms with Crippen LogP contribution in [0.3, 0.4) is 0 Å². The Bertz CT molecular complexity index is 381. The van der Waals surface area contributed by atoms with Crippen molar-refractivity contribution >= 4 is 11.8 Å². The second-order valence-electron chi connectivity index (χ2n) is 4.52. The van der Waals surface area contributed by atoms with Gasteiger partial charge in [0.15, 0.2) is 0 Å². The van der Waals surface area contributed by atoms with E-state index in [1.165, 1.54) is 5.56 Å². The highest BCUT2D eigenvalue weighted by Crippen LogP contribution is 2.29. The standard InChI is InChI=1S/C14H20F3NOS/c1-11(18-2)3-4-12-5-7-13(8-6-12)19-9-10-20-14(15,16)17/h5-8,11,18H,3-4,9-10H2,1-2H3. The molecule has 0 saturated heterocycles. The molecule has 1 aromatic carbocycles. The average Bonchev–Trinajstić information content (AvgIpc) is 2.41. The molecular formula is C14H20F3NOS. The van der Waals surface area contributed by atoms with Crippen molar-refractivity contribution in [2.75, 3.05) is 19.4 Å². The Morgan fingerprint density at radius 2 is 1.90 bits per heavy atom. The minimum atomic E-state index is -4.18. The summed E-state index contributed by atoms with van der Waals surface area (Å²) in [5, 5.41) is 3.17. The smallest absolute Gasteiger partial charge is 0.441 e. The first-order chi connectivity index (χ1) is 9.40. The number of rotatable bonds is 8. The first-order valence-electron chi connectivity index (χ1n) is 6.50. The SMILES string of the molecule is CNC(C)CCc1ccc(OCCSC(F)(F)F)cc1. The molecule has 1 aromatic rings. The molecule has 1 N–H and O–H groups in total. The highest BCUT2D eigenvalue weighted by molar-refractivity contribution is 8.00. The summed E-state index contributed by atoms with van der Waals surface area (Å²) in [5.74, 6) is 0.517. The highest BCUT2D eigenvalue weighted by atomic mass is 32.2. The summed E-state index contributed by atoms with van der Waals surface area (Å²) in [6.07, 6.45) is 2.01. The van der Waals surface area contributed by atoms with Gasteiger partial charge in [-0.3, -0.25) is 0 Å². The molecule has 0 fully saturated rings. The second-order valence-corrected chi connectivity index (χ2v) is 5.67. The van der Waals surface area contributed by atoms with Crippen LogP contribution >= 0.6 is 11.8 Å². The predicted octanol–water partition coefficient (Wildman–Crippen LogP) is 3.86. The molecule has 2 nitrogen and oxygen atoms in total. The van der Waals surface area contributed by atoms with Gasteiger partial charge in [0.2, 0.25) is 0 Å². The summed E-state index contributed by atoms with van der Waals surface area (Å²) in [7, 11) is 1.93. The van der Waals surface area contributed by atoms with Crippen LogP contribution in [0.15, 0.2) is 24.3 Å². The Balaban J connectivity index is 2.28. The maximum absolute atomic E-state index is 11.9. The van der Waals surface area contributed by atoms with E-state index >= 15 is 0 Å². The van der Waals surface area contributed by atoms with Crippen LogP contribution in [-0.4, -0.2) is 31.0 Å². The zero-order valence-electron chi connectivity index (χ0n) is 11.7. The fourth-order valence-corrected chi connectivity index (χ4v) is 1.99. The molecule has 6 heteroatoms. The van der Waals surface area contributed by atoms with Gasteiger partial charge in [0.1, 0.15) is 5.75 Å². The fraction of sp³-hybridized carbons (Fsp3) is 0.571. The molecule has 0 radical (unpaired) electrons. The highest BCUT2D eigenvalue weighted by Gasteiger charge is 2.27. The van der Waals surface area contributed by atoms with Crippen molar-refractivity contribution in [3.05, 3.63) is 29.8 Å². The molecule has 1 rings (SSSR count). The summed E-state index contributed by atoms with van der Waals surface area (Å²) in [6.45, 7) is 2.18. The Morgan fingerprint density at radius 3 is 2.45 bits per heavy atom. The van der Waals surface area contributed by atoms with Crippen molar-refractivity contribution < 1.29 is 17.9 Å². The lowest BCUT2D eigenvalue weighted by Crippen LogP contribution is -2.21. The zero-order chi connectivity index (χ0) is 15.0. The molecular weight excluding hydrogens is 287 g/mol. The lowest BCUT2D eigenvalue weighted by atomic mass is 10.1. The Kier molecular flexibility index (Phi) is 7.23. The number of ether oxygens (including phenoxy) is 1. The lowest BCUT2D eigenvalue weighted by Gasteiger charge is -2.10. The van der Waals surface area contributed by atoms with Crippen molar-refractivity contribution in [2.45, 2.75) is 31.3 Å². The van der Waals surface area contributed by atoms with Crippen molar-refractivity contribution in [1.29, 1.82) is 0 Å². The third-order valence-corrected chi connectivity index (χ3v) is 3.60. The van der Waals surface area contributed by atoms with Gasteiger partial charge in [-0.25, -0.2) is 0 Å². The van der Waals surface area contributed by atoms with E-state index in [9.17, 15) is 13.2 Å². The van der Waals surface area contributed by atoms with Crippen LogP contribution in [-0.2, 0) is 6.42 Å². The zero-order valence-corrected chi connectivity index (χ0v) is 12.5. The third kappa shape index (κ3) is 7.65. The molecule has 114 valence electrons. The summed E-state index contributed by atoms with van der Waals surface area (Å²) in [5.41, 5.74) is -2.99. The molecule has 0 aromatic heterocycles. The summed E-state index contributed by atoms with van der Waals surface area (Å²) >= 11 is -0.0622. The van der Waals surface area contributed by atoms with E-state index in [1.807, 2.05) is 19.2 Å². The van der Waals surface area contributed by atoms with Crippen molar-refractivity contribution in [1.82, 2.24) is 5.32 Å². The van der Waals surface area contributed by atoms with Crippen LogP contribution in [0.25, 0.3) is 0 Å². The largest absolute Gasteiger partial charge is 0.493 e. The number of thioether (sulfide) groups is 1. The topological polar surface area (TPSA) is 21.3 Å². The molecule has 0 heterocycles. The summed E-state index contributed by atoms with van der Waals surface area (Å²) in [4.78, 5) is 0. The fourth-order valence-electron chi connectivity index (χ4n) is 1.60. The quantitative estimate of drug-likeness (QED) is 0.737. The van der Waals surface area contributed by atoms with Gasteiger partial charge in [0, 0.05) is 11.8 Å². The molecule has 1 unspecified atom stereocenters. The van der Waals surface area contributed by atoms with Gasteiger partial charge in [0.05, 0.1) is 6.61 Å². The van der Waals surface area contributed by atoms with Gasteiger partial charge in [-0.15, -0.1) is 0 Å². The van der Waals surface area contributed by atoms with Gasteiger partial charge < -0.3 is 10.1 Å². The van der Waals surface area contributed by atoms with Crippen LogP contribution in [0.2, 0.25) is 0 Å². The van der Waals surface area contributed by atoms with Gasteiger partial charge in [-0.1, -0.05) is 12.1 Å². The van der Waals surface area contributed by atoms with E-state index < -0.39 is 5.51 Å². The van der Waals surface area contributed by atoms with Gasteiger partial charge in [-0.05, 0) is 56.3 Å². The number of benzene rings is 1. The maximum Gasteiger partial charge on any atom is 0.441 e. The lowest BCUT2D eigenvalue weighted by molar-refractivity contribution is -0.0329. The van der Waals surface area contributed by atoms with Gasteiger partial charge >= 0.3 is 5.51 Å². The first-order valence-corrected chi connectivity index (χ1v) is 7.49. The van der Waals surface area contributed by atoms with Crippen LogP contribution in [0.4, 0.5) is 13.2 Å². The number of halogens is 3. The summed E-state index contributed by atoms with van der Waals surface area (Å²) in [6, 6.07) is 7.98. The van der Waals surface area contributed by atoms with Gasteiger partial charge in [-0.2, -0.15) is 13.2 Å². The Hall–Kier alpha value is -0.880. The van der Waals surface area contributed by atoms with Crippen LogP contribution < -0.4 is 10.1 Å². The van der Waals surface area contributed by atoms with Crippen LogP contribution in [0.5, 0.6) is 5.75 Å². The van der Waals surface area contributed by atoms with Crippen molar-refractivity contribution in [3.63, 3.8) is 0 Å². The monoisotopic (exact) mass is 307 g/mol. The van der Waals surface area contributed by atoms with Gasteiger partial charge in [0.25, 0.3) is 0 Å². The van der Waals surface area contributed by atoms with E-state index in [1.54, 1.807) is 12.1 Å². The maximum atomic E-state index is 11.9. The van der Waals surface area contributed by atoms with E-state index in [4.69, 9.17) is 4.74 Å². The molecule has 0 bridgehead atoms. The van der Waals surface area contributed by atoms with Crippen molar-refractivity contribution in [3.8, 4) is 5.75 Å². The summed E-state index contributed by atoms with van der Waals surface area (Å²) < 4.78 is 41.0. The van der Waals surface area contributed by atoms with E-state index in [0.717, 1.165) is 12.8 Å². The number of nitrogens with one attached hydrogen (secondary N) is 1. The minimum absolute atomic E-state index is 0.0559. The second kappa shape index (κ2) is 8.42. The molecule has 0 amide bonds. The predicted molar refractivity (Wildman–Crippen MR) is 77.3 cm³/mol. The Labute approximate surface area is 122 Å². The first kappa shape index (κ1) is 17.2. The number of alkyl halides is 3. The molecule has 20 heavy (non-hydrogen) atoms. The third-order valence-electron chi connectivity index (χ3n) is 2.90. The number of aryl methyl sites for hydroxylation is 1. The van der Waals surface area contributed by atoms with E-state index in [-0.39, 0.29) is 24.1 Å². The Morgan fingerprint density at radius 1 is 1.25 bits per heavy atom.